The molecule has 2 saturated carbocycles. The van der Waals surface area contributed by atoms with E-state index in [9.17, 15) is 30.3 Å². The molecule has 0 aromatic heterocycles. The molecular weight excluding hydrogens is 451 g/mol. The molecule has 1 heterocycles. The SMILES string of the molecule is C[C@@]12CCc3cc(O)ccc3[C@H]1CC[C@]1(C)C(O[C@@H]3O[C@H](C(=O)[O-])[C@@H](O)[C@H](O)[C@H]3O)CC[C@@H]21.[Na+]. The van der Waals surface area contributed by atoms with Crippen molar-refractivity contribution < 1.29 is 69.4 Å². The van der Waals surface area contributed by atoms with E-state index in [1.54, 1.807) is 6.07 Å². The van der Waals surface area contributed by atoms with Crippen LogP contribution >= 0.6 is 0 Å². The van der Waals surface area contributed by atoms with Crippen molar-refractivity contribution in [2.24, 2.45) is 16.7 Å². The normalized spacial score (nSPS) is 45.4. The molecule has 0 amide bonds. The van der Waals surface area contributed by atoms with Crippen LogP contribution in [0.4, 0.5) is 0 Å². The molecule has 1 unspecified atom stereocenters. The molecule has 4 N–H and O–H groups in total. The fraction of sp³-hybridized carbons (Fsp3) is 0.720. The van der Waals surface area contributed by atoms with Gasteiger partial charge in [0.05, 0.1) is 12.1 Å². The summed E-state index contributed by atoms with van der Waals surface area (Å²) in [6, 6.07) is 5.73. The van der Waals surface area contributed by atoms with Gasteiger partial charge in [0, 0.05) is 0 Å². The number of aliphatic hydroxyl groups is 3. The summed E-state index contributed by atoms with van der Waals surface area (Å²) in [7, 11) is 0. The van der Waals surface area contributed by atoms with E-state index in [1.807, 2.05) is 6.07 Å². The molecule has 4 aliphatic rings. The summed E-state index contributed by atoms with van der Waals surface area (Å²) in [6.45, 7) is 4.57. The molecule has 3 fully saturated rings. The van der Waals surface area contributed by atoms with Crippen LogP contribution in [0, 0.1) is 16.7 Å². The second-order valence-electron chi connectivity index (χ2n) is 11.0. The first-order valence-electron chi connectivity index (χ1n) is 11.9. The summed E-state index contributed by atoms with van der Waals surface area (Å²) in [4.78, 5) is 11.4. The number of carbonyl (C=O) groups excluding carboxylic acids is 1. The van der Waals surface area contributed by atoms with Crippen molar-refractivity contribution in [1.82, 2.24) is 0 Å². The van der Waals surface area contributed by atoms with Crippen molar-refractivity contribution in [3.8, 4) is 5.75 Å². The number of carbonyl (C=O) groups is 1. The zero-order valence-corrected chi connectivity index (χ0v) is 22.0. The predicted molar refractivity (Wildman–Crippen MR) is 114 cm³/mol. The van der Waals surface area contributed by atoms with Gasteiger partial charge in [0.2, 0.25) is 0 Å². The van der Waals surface area contributed by atoms with Crippen LogP contribution in [-0.4, -0.2) is 63.2 Å². The molecule has 1 saturated heterocycles. The molecule has 3 aliphatic carbocycles. The molecule has 8 nitrogen and oxygen atoms in total. The number of aryl methyl sites for hydroxylation is 1. The monoisotopic (exact) mass is 484 g/mol. The molecule has 10 atom stereocenters. The van der Waals surface area contributed by atoms with Crippen LogP contribution in [0.5, 0.6) is 5.75 Å². The summed E-state index contributed by atoms with van der Waals surface area (Å²) in [5.74, 6) is -0.587. The standard InChI is InChI=1S/C25H34O8.Na/c1-24-9-7-12-11-13(26)3-4-14(12)15(24)8-10-25(2)16(24)5-6-17(25)32-23-20(29)18(27)19(28)21(33-23)22(30)31;/h3-4,11,15-21,23,26-29H,5-10H2,1-2H3,(H,30,31);/q;+1/p-1/t15-,16+,17?,18+,19+,20-,21+,23-,24-,25+;/m1./s1. The minimum absolute atomic E-state index is 0. The largest absolute Gasteiger partial charge is 1.00 e. The van der Waals surface area contributed by atoms with Crippen molar-refractivity contribution in [1.29, 1.82) is 0 Å². The van der Waals surface area contributed by atoms with E-state index in [2.05, 4.69) is 19.9 Å². The summed E-state index contributed by atoms with van der Waals surface area (Å²) in [6.07, 6.45) is -2.94. The maximum absolute atomic E-state index is 11.4. The Morgan fingerprint density at radius 1 is 1.06 bits per heavy atom. The topological polar surface area (TPSA) is 140 Å². The average molecular weight is 485 g/mol. The fourth-order valence-electron chi connectivity index (χ4n) is 7.60. The van der Waals surface area contributed by atoms with Crippen LogP contribution in [-0.2, 0) is 20.7 Å². The van der Waals surface area contributed by atoms with Crippen molar-refractivity contribution in [2.45, 2.75) is 95.1 Å². The summed E-state index contributed by atoms with van der Waals surface area (Å²) in [5.41, 5.74) is 2.42. The van der Waals surface area contributed by atoms with Crippen LogP contribution in [0.1, 0.15) is 63.0 Å². The van der Waals surface area contributed by atoms with Crippen molar-refractivity contribution in [2.75, 3.05) is 0 Å². The second kappa shape index (κ2) is 9.30. The number of aromatic hydroxyl groups is 1. The summed E-state index contributed by atoms with van der Waals surface area (Å²) < 4.78 is 11.5. The molecule has 0 spiro atoms. The van der Waals surface area contributed by atoms with Gasteiger partial charge in [-0.25, -0.2) is 0 Å². The van der Waals surface area contributed by atoms with Crippen molar-refractivity contribution >= 4 is 5.97 Å². The third-order valence-corrected chi connectivity index (χ3v) is 9.35. The number of carboxylic acids is 1. The number of fused-ring (bicyclic) bond motifs is 5. The molecule has 0 radical (unpaired) electrons. The zero-order valence-electron chi connectivity index (χ0n) is 20.0. The van der Waals surface area contributed by atoms with E-state index < -0.39 is 36.7 Å². The van der Waals surface area contributed by atoms with Gasteiger partial charge >= 0.3 is 29.6 Å². The smallest absolute Gasteiger partial charge is 0.547 e. The van der Waals surface area contributed by atoms with Crippen molar-refractivity contribution in [3.05, 3.63) is 29.3 Å². The minimum Gasteiger partial charge on any atom is -0.547 e. The maximum atomic E-state index is 11.4. The van der Waals surface area contributed by atoms with Gasteiger partial charge in [-0.15, -0.1) is 0 Å². The Labute approximate surface area is 221 Å². The summed E-state index contributed by atoms with van der Waals surface area (Å²) >= 11 is 0. The Balaban J connectivity index is 0.00000274. The van der Waals surface area contributed by atoms with Gasteiger partial charge in [-0.3, -0.25) is 0 Å². The average Bonchev–Trinajstić information content (AvgIpc) is 3.10. The summed E-state index contributed by atoms with van der Waals surface area (Å²) in [5, 5.41) is 51.8. The Bertz CT molecular complexity index is 941. The molecule has 1 aromatic carbocycles. The van der Waals surface area contributed by atoms with Gasteiger partial charge in [-0.2, -0.15) is 0 Å². The van der Waals surface area contributed by atoms with Gasteiger partial charge in [-0.05, 0) is 84.5 Å². The number of phenolic OH excluding ortho intramolecular Hbond substituents is 1. The third kappa shape index (κ3) is 3.95. The minimum atomic E-state index is -1.78. The molecule has 1 aromatic rings. The molecule has 1 aliphatic heterocycles. The first-order chi connectivity index (χ1) is 15.6. The first kappa shape index (κ1) is 26.4. The molecule has 9 heteroatoms. The molecule has 182 valence electrons. The number of ether oxygens (including phenoxy) is 2. The molecular formula is C25H33NaO8. The number of hydrogen-bond donors (Lipinski definition) is 4. The van der Waals surface area contributed by atoms with E-state index in [-0.39, 0.29) is 46.5 Å². The number of benzene rings is 1. The number of carboxylic acid groups (broad SMARTS) is 1. The second-order valence-corrected chi connectivity index (χ2v) is 11.0. The van der Waals surface area contributed by atoms with E-state index >= 15 is 0 Å². The Morgan fingerprint density at radius 3 is 2.50 bits per heavy atom. The van der Waals surface area contributed by atoms with Crippen LogP contribution in [0.15, 0.2) is 18.2 Å². The number of aliphatic carboxylic acids is 1. The predicted octanol–water partition coefficient (Wildman–Crippen LogP) is -2.41. The van der Waals surface area contributed by atoms with Gasteiger partial charge in [0.1, 0.15) is 30.2 Å². The molecule has 0 bridgehead atoms. The number of aliphatic hydroxyl groups excluding tert-OH is 3. The third-order valence-electron chi connectivity index (χ3n) is 9.35. The van der Waals surface area contributed by atoms with Crippen molar-refractivity contribution in [3.63, 3.8) is 0 Å². The quantitative estimate of drug-likeness (QED) is 0.348. The van der Waals surface area contributed by atoms with Crippen LogP contribution in [0.3, 0.4) is 0 Å². The zero-order chi connectivity index (χ0) is 23.7. The number of rotatable bonds is 3. The van der Waals surface area contributed by atoms with Gasteiger partial charge in [0.25, 0.3) is 0 Å². The van der Waals surface area contributed by atoms with Crippen LogP contribution < -0.4 is 34.7 Å². The van der Waals surface area contributed by atoms with Gasteiger partial charge in [0.15, 0.2) is 6.29 Å². The Hall–Kier alpha value is -0.710. The van der Waals surface area contributed by atoms with E-state index in [0.717, 1.165) is 38.5 Å². The van der Waals surface area contributed by atoms with E-state index in [0.29, 0.717) is 17.6 Å². The molecule has 34 heavy (non-hydrogen) atoms. The number of phenols is 1. The van der Waals surface area contributed by atoms with Gasteiger partial charge < -0.3 is 39.8 Å². The van der Waals surface area contributed by atoms with E-state index in [4.69, 9.17) is 9.47 Å². The van der Waals surface area contributed by atoms with Crippen LogP contribution in [0.25, 0.3) is 0 Å². The number of hydrogen-bond acceptors (Lipinski definition) is 8. The molecule has 5 rings (SSSR count). The first-order valence-corrected chi connectivity index (χ1v) is 11.9. The van der Waals surface area contributed by atoms with E-state index in [1.165, 1.54) is 11.1 Å². The Kier molecular flexibility index (Phi) is 7.21. The van der Waals surface area contributed by atoms with Crippen LogP contribution in [0.2, 0.25) is 0 Å². The fourth-order valence-corrected chi connectivity index (χ4v) is 7.60. The Morgan fingerprint density at radius 2 is 1.79 bits per heavy atom. The maximum Gasteiger partial charge on any atom is 1.00 e. The van der Waals surface area contributed by atoms with Gasteiger partial charge in [-0.1, -0.05) is 19.9 Å².